The second kappa shape index (κ2) is 6.64. The molecular weight excluding hydrogens is 349 g/mol. The molecule has 1 aromatic rings. The Labute approximate surface area is 149 Å². The zero-order valence-electron chi connectivity index (χ0n) is 14.3. The van der Waals surface area contributed by atoms with Gasteiger partial charge in [-0.05, 0) is 31.9 Å². The summed E-state index contributed by atoms with van der Waals surface area (Å²) in [4.78, 5) is 15.5. The lowest BCUT2D eigenvalue weighted by atomic mass is 10.0. The van der Waals surface area contributed by atoms with E-state index in [0.29, 0.717) is 37.7 Å². The summed E-state index contributed by atoms with van der Waals surface area (Å²) in [6.45, 7) is 0.652. The predicted octanol–water partition coefficient (Wildman–Crippen LogP) is 2.76. The minimum absolute atomic E-state index is 0.0357. The van der Waals surface area contributed by atoms with E-state index in [4.69, 9.17) is 9.47 Å². The van der Waals surface area contributed by atoms with Gasteiger partial charge in [0.1, 0.15) is 19.8 Å². The standard InChI is InChI=1S/C18H21F3N2O3/c19-18(20,21)11-22-8-6-14(17(22)24)23-7-2-4-13(23)12-3-1-5-15-16(12)26-10-9-25-15/h1,3,5,13-14H,2,4,6-11H2. The quantitative estimate of drug-likeness (QED) is 0.821. The fourth-order valence-corrected chi connectivity index (χ4v) is 4.26. The van der Waals surface area contributed by atoms with Crippen molar-refractivity contribution in [2.75, 3.05) is 32.8 Å². The molecule has 2 atom stereocenters. The molecule has 2 fully saturated rings. The molecular formula is C18H21F3N2O3. The molecule has 5 nitrogen and oxygen atoms in total. The Morgan fingerprint density at radius 2 is 1.88 bits per heavy atom. The fraction of sp³-hybridized carbons (Fsp3) is 0.611. The lowest BCUT2D eigenvalue weighted by Gasteiger charge is -2.32. The van der Waals surface area contributed by atoms with E-state index in [1.807, 2.05) is 23.1 Å². The molecule has 142 valence electrons. The summed E-state index contributed by atoms with van der Waals surface area (Å²) in [5.41, 5.74) is 0.960. The number of para-hydroxylation sites is 1. The number of ether oxygens (including phenoxy) is 2. The molecule has 1 aromatic carbocycles. The van der Waals surface area contributed by atoms with E-state index in [1.54, 1.807) is 0 Å². The van der Waals surface area contributed by atoms with E-state index in [1.165, 1.54) is 0 Å². The van der Waals surface area contributed by atoms with Gasteiger partial charge >= 0.3 is 6.18 Å². The highest BCUT2D eigenvalue weighted by atomic mass is 19.4. The topological polar surface area (TPSA) is 42.0 Å². The molecule has 3 heterocycles. The number of fused-ring (bicyclic) bond motifs is 1. The number of halogens is 3. The van der Waals surface area contributed by atoms with E-state index in [0.717, 1.165) is 23.3 Å². The molecule has 2 unspecified atom stereocenters. The average Bonchev–Trinajstić information content (AvgIpc) is 3.20. The number of amides is 1. The molecule has 2 saturated heterocycles. The molecule has 0 bridgehead atoms. The summed E-state index contributed by atoms with van der Waals surface area (Å²) in [6.07, 6.45) is -2.18. The van der Waals surface area contributed by atoms with Crippen LogP contribution < -0.4 is 9.47 Å². The van der Waals surface area contributed by atoms with Crippen LogP contribution in [0.4, 0.5) is 13.2 Å². The van der Waals surface area contributed by atoms with Crippen molar-refractivity contribution < 1.29 is 27.4 Å². The second-order valence-electron chi connectivity index (χ2n) is 6.95. The molecule has 0 N–H and O–H groups in total. The predicted molar refractivity (Wildman–Crippen MR) is 87.2 cm³/mol. The Balaban J connectivity index is 1.56. The highest BCUT2D eigenvalue weighted by Gasteiger charge is 2.45. The Hall–Kier alpha value is -1.96. The first kappa shape index (κ1) is 17.5. The van der Waals surface area contributed by atoms with Crippen LogP contribution in [0.5, 0.6) is 11.5 Å². The van der Waals surface area contributed by atoms with Crippen molar-refractivity contribution in [1.82, 2.24) is 9.80 Å². The van der Waals surface area contributed by atoms with Crippen LogP contribution >= 0.6 is 0 Å². The van der Waals surface area contributed by atoms with Crippen LogP contribution in [0.15, 0.2) is 18.2 Å². The van der Waals surface area contributed by atoms with E-state index >= 15 is 0 Å². The van der Waals surface area contributed by atoms with Gasteiger partial charge < -0.3 is 14.4 Å². The third kappa shape index (κ3) is 3.22. The molecule has 26 heavy (non-hydrogen) atoms. The van der Waals surface area contributed by atoms with E-state index in [-0.39, 0.29) is 12.6 Å². The Morgan fingerprint density at radius 3 is 2.69 bits per heavy atom. The van der Waals surface area contributed by atoms with Crippen LogP contribution in [0.2, 0.25) is 0 Å². The van der Waals surface area contributed by atoms with Gasteiger partial charge in [-0.1, -0.05) is 12.1 Å². The third-order valence-corrected chi connectivity index (χ3v) is 5.29. The zero-order valence-corrected chi connectivity index (χ0v) is 14.3. The molecule has 0 aliphatic carbocycles. The number of hydrogen-bond donors (Lipinski definition) is 0. The first-order valence-corrected chi connectivity index (χ1v) is 8.94. The summed E-state index contributed by atoms with van der Waals surface area (Å²) in [6, 6.07) is 5.18. The lowest BCUT2D eigenvalue weighted by molar-refractivity contribution is -0.159. The lowest BCUT2D eigenvalue weighted by Crippen LogP contribution is -2.43. The number of nitrogens with zero attached hydrogens (tertiary/aromatic N) is 2. The van der Waals surface area contributed by atoms with Gasteiger partial charge in [0.25, 0.3) is 0 Å². The van der Waals surface area contributed by atoms with Gasteiger partial charge in [-0.25, -0.2) is 0 Å². The Bertz CT molecular complexity index is 695. The average molecular weight is 370 g/mol. The summed E-state index contributed by atoms with van der Waals surface area (Å²) < 4.78 is 49.5. The maximum atomic E-state index is 12.7. The molecule has 3 aliphatic heterocycles. The maximum absolute atomic E-state index is 12.7. The molecule has 0 aromatic heterocycles. The molecule has 0 saturated carbocycles. The van der Waals surface area contributed by atoms with Gasteiger partial charge in [0.2, 0.25) is 5.91 Å². The zero-order chi connectivity index (χ0) is 18.3. The Morgan fingerprint density at radius 1 is 1.08 bits per heavy atom. The molecule has 3 aliphatic rings. The van der Waals surface area contributed by atoms with Gasteiger partial charge in [0, 0.05) is 18.2 Å². The van der Waals surface area contributed by atoms with Gasteiger partial charge in [-0.3, -0.25) is 9.69 Å². The molecule has 0 radical (unpaired) electrons. The van der Waals surface area contributed by atoms with E-state index in [9.17, 15) is 18.0 Å². The van der Waals surface area contributed by atoms with Crippen LogP contribution in [0.1, 0.15) is 30.9 Å². The van der Waals surface area contributed by atoms with Crippen molar-refractivity contribution in [3.63, 3.8) is 0 Å². The van der Waals surface area contributed by atoms with E-state index in [2.05, 4.69) is 0 Å². The van der Waals surface area contributed by atoms with Crippen molar-refractivity contribution >= 4 is 5.91 Å². The summed E-state index contributed by atoms with van der Waals surface area (Å²) in [5.74, 6) is 0.974. The number of rotatable bonds is 3. The smallest absolute Gasteiger partial charge is 0.406 e. The summed E-state index contributed by atoms with van der Waals surface area (Å²) in [5, 5.41) is 0. The van der Waals surface area contributed by atoms with Crippen LogP contribution in [0.3, 0.4) is 0 Å². The summed E-state index contributed by atoms with van der Waals surface area (Å²) >= 11 is 0. The number of hydrogen-bond acceptors (Lipinski definition) is 4. The van der Waals surface area contributed by atoms with Crippen molar-refractivity contribution in [2.24, 2.45) is 0 Å². The monoisotopic (exact) mass is 370 g/mol. The molecule has 1 amide bonds. The van der Waals surface area contributed by atoms with Gasteiger partial charge in [-0.15, -0.1) is 0 Å². The van der Waals surface area contributed by atoms with E-state index < -0.39 is 24.7 Å². The normalized spacial score (nSPS) is 26.6. The highest BCUT2D eigenvalue weighted by Crippen LogP contribution is 2.44. The van der Waals surface area contributed by atoms with Crippen LogP contribution in [0.25, 0.3) is 0 Å². The third-order valence-electron chi connectivity index (χ3n) is 5.29. The number of carbonyl (C=O) groups excluding carboxylic acids is 1. The first-order chi connectivity index (χ1) is 12.4. The second-order valence-corrected chi connectivity index (χ2v) is 6.95. The fourth-order valence-electron chi connectivity index (χ4n) is 4.26. The van der Waals surface area contributed by atoms with Crippen LogP contribution in [0, 0.1) is 0 Å². The van der Waals surface area contributed by atoms with Crippen molar-refractivity contribution in [3.8, 4) is 11.5 Å². The molecule has 0 spiro atoms. The van der Waals surface area contributed by atoms with Crippen LogP contribution in [-0.4, -0.2) is 60.8 Å². The van der Waals surface area contributed by atoms with Crippen molar-refractivity contribution in [1.29, 1.82) is 0 Å². The molecule has 4 rings (SSSR count). The highest BCUT2D eigenvalue weighted by molar-refractivity contribution is 5.84. The van der Waals surface area contributed by atoms with Crippen LogP contribution in [-0.2, 0) is 4.79 Å². The van der Waals surface area contributed by atoms with Gasteiger partial charge in [-0.2, -0.15) is 13.2 Å². The Kier molecular flexibility index (Phi) is 4.46. The van der Waals surface area contributed by atoms with Crippen molar-refractivity contribution in [3.05, 3.63) is 23.8 Å². The maximum Gasteiger partial charge on any atom is 0.406 e. The minimum Gasteiger partial charge on any atom is -0.486 e. The minimum atomic E-state index is -4.36. The first-order valence-electron chi connectivity index (χ1n) is 8.94. The van der Waals surface area contributed by atoms with Gasteiger partial charge in [0.05, 0.1) is 6.04 Å². The number of carbonyl (C=O) groups is 1. The van der Waals surface area contributed by atoms with Crippen molar-refractivity contribution in [2.45, 2.75) is 37.5 Å². The number of likely N-dealkylation sites (tertiary alicyclic amines) is 2. The molecule has 8 heteroatoms. The number of alkyl halides is 3. The number of benzene rings is 1. The summed E-state index contributed by atoms with van der Waals surface area (Å²) in [7, 11) is 0. The van der Waals surface area contributed by atoms with Gasteiger partial charge in [0.15, 0.2) is 11.5 Å². The largest absolute Gasteiger partial charge is 0.486 e. The SMILES string of the molecule is O=C1C(N2CCCC2c2cccc3c2OCCO3)CCN1CC(F)(F)F.